The van der Waals surface area contributed by atoms with E-state index in [9.17, 15) is 13.2 Å². The van der Waals surface area contributed by atoms with Gasteiger partial charge in [0, 0.05) is 6.54 Å². The zero-order valence-corrected chi connectivity index (χ0v) is 15.6. The fourth-order valence-corrected chi connectivity index (χ4v) is 3.96. The third kappa shape index (κ3) is 4.60. The number of nitrogens with one attached hydrogen (secondary N) is 1. The van der Waals surface area contributed by atoms with Crippen molar-refractivity contribution in [2.45, 2.75) is 32.1 Å². The van der Waals surface area contributed by atoms with Crippen molar-refractivity contribution in [3.05, 3.63) is 59.7 Å². The molecule has 0 saturated heterocycles. The van der Waals surface area contributed by atoms with Crippen LogP contribution in [-0.2, 0) is 14.8 Å². The lowest BCUT2D eigenvalue weighted by molar-refractivity contribution is -0.119. The molecule has 2 aromatic carbocycles. The first-order valence-electron chi connectivity index (χ1n) is 8.28. The second-order valence-corrected chi connectivity index (χ2v) is 7.83. The number of aryl methyl sites for hydroxylation is 2. The molecule has 5 nitrogen and oxygen atoms in total. The van der Waals surface area contributed by atoms with Crippen LogP contribution in [0, 0.1) is 13.8 Å². The molecule has 0 atom stereocenters. The summed E-state index contributed by atoms with van der Waals surface area (Å²) in [6.07, 6.45) is 0.792. The molecule has 0 aliphatic carbocycles. The highest BCUT2D eigenvalue weighted by atomic mass is 32.2. The van der Waals surface area contributed by atoms with Crippen LogP contribution in [0.4, 0.5) is 5.69 Å². The molecule has 0 radical (unpaired) electrons. The maximum absolute atomic E-state index is 13.2. The second-order valence-electron chi connectivity index (χ2n) is 5.96. The van der Waals surface area contributed by atoms with Crippen LogP contribution < -0.4 is 9.62 Å². The molecule has 0 fully saturated rings. The monoisotopic (exact) mass is 360 g/mol. The molecule has 0 unspecified atom stereocenters. The highest BCUT2D eigenvalue weighted by Crippen LogP contribution is 2.27. The largest absolute Gasteiger partial charge is 0.355 e. The third-order valence-electron chi connectivity index (χ3n) is 3.82. The Morgan fingerprint density at radius 3 is 2.40 bits per heavy atom. The van der Waals surface area contributed by atoms with Crippen molar-refractivity contribution in [2.75, 3.05) is 17.4 Å². The Hall–Kier alpha value is -2.34. The van der Waals surface area contributed by atoms with E-state index >= 15 is 0 Å². The van der Waals surface area contributed by atoms with E-state index in [4.69, 9.17) is 0 Å². The summed E-state index contributed by atoms with van der Waals surface area (Å²) in [5.41, 5.74) is 2.26. The number of nitrogens with zero attached hydrogens (tertiary/aromatic N) is 1. The first-order valence-corrected chi connectivity index (χ1v) is 9.72. The molecule has 25 heavy (non-hydrogen) atoms. The zero-order chi connectivity index (χ0) is 18.4. The van der Waals surface area contributed by atoms with Gasteiger partial charge < -0.3 is 5.32 Å². The molecule has 0 aromatic heterocycles. The van der Waals surface area contributed by atoms with Gasteiger partial charge in [-0.25, -0.2) is 8.42 Å². The van der Waals surface area contributed by atoms with Crippen LogP contribution in [-0.4, -0.2) is 27.4 Å². The summed E-state index contributed by atoms with van der Waals surface area (Å²) in [5, 5.41) is 2.75. The number of carbonyl (C=O) groups excluding carboxylic acids is 1. The van der Waals surface area contributed by atoms with Crippen molar-refractivity contribution in [2.24, 2.45) is 0 Å². The van der Waals surface area contributed by atoms with Gasteiger partial charge in [0.05, 0.1) is 10.6 Å². The van der Waals surface area contributed by atoms with Gasteiger partial charge in [-0.15, -0.1) is 0 Å². The van der Waals surface area contributed by atoms with Crippen molar-refractivity contribution in [3.63, 3.8) is 0 Å². The summed E-state index contributed by atoms with van der Waals surface area (Å²) in [6.45, 7) is 5.95. The van der Waals surface area contributed by atoms with Gasteiger partial charge in [0.15, 0.2) is 0 Å². The van der Waals surface area contributed by atoms with Crippen molar-refractivity contribution in [1.82, 2.24) is 5.32 Å². The summed E-state index contributed by atoms with van der Waals surface area (Å²) < 4.78 is 27.5. The number of amides is 1. The number of rotatable bonds is 7. The van der Waals surface area contributed by atoms with Crippen LogP contribution in [0.2, 0.25) is 0 Å². The molecule has 0 spiro atoms. The Balaban J connectivity index is 2.49. The van der Waals surface area contributed by atoms with E-state index in [1.165, 1.54) is 16.4 Å². The standard InChI is InChI=1S/C19H24N2O3S/c1-4-12-20-19(22)14-21(18-13-15(2)10-11-16(18)3)25(23,24)17-8-6-5-7-9-17/h5-11,13H,4,12,14H2,1-3H3,(H,20,22). The minimum atomic E-state index is -3.84. The molecular weight excluding hydrogens is 336 g/mol. The third-order valence-corrected chi connectivity index (χ3v) is 5.60. The van der Waals surface area contributed by atoms with Crippen LogP contribution in [0.3, 0.4) is 0 Å². The molecule has 1 amide bonds. The van der Waals surface area contributed by atoms with Gasteiger partial charge in [-0.1, -0.05) is 37.3 Å². The zero-order valence-electron chi connectivity index (χ0n) is 14.8. The van der Waals surface area contributed by atoms with Crippen LogP contribution in [0.15, 0.2) is 53.4 Å². The van der Waals surface area contributed by atoms with Crippen molar-refractivity contribution in [1.29, 1.82) is 0 Å². The normalized spacial score (nSPS) is 11.2. The van der Waals surface area contributed by atoms with Gasteiger partial charge >= 0.3 is 0 Å². The summed E-state index contributed by atoms with van der Waals surface area (Å²) in [6, 6.07) is 13.8. The fraction of sp³-hybridized carbons (Fsp3) is 0.316. The highest BCUT2D eigenvalue weighted by Gasteiger charge is 2.28. The van der Waals surface area contributed by atoms with Gasteiger partial charge in [0.2, 0.25) is 5.91 Å². The smallest absolute Gasteiger partial charge is 0.264 e. The van der Waals surface area contributed by atoms with Crippen LogP contribution in [0.25, 0.3) is 0 Å². The average Bonchev–Trinajstić information content (AvgIpc) is 2.60. The first-order chi connectivity index (χ1) is 11.9. The molecular formula is C19H24N2O3S. The van der Waals surface area contributed by atoms with Crippen molar-refractivity contribution in [3.8, 4) is 0 Å². The topological polar surface area (TPSA) is 66.5 Å². The molecule has 0 heterocycles. The lowest BCUT2D eigenvalue weighted by atomic mass is 10.1. The van der Waals surface area contributed by atoms with E-state index in [0.29, 0.717) is 12.2 Å². The number of sulfonamides is 1. The van der Waals surface area contributed by atoms with Gasteiger partial charge in [-0.05, 0) is 49.6 Å². The number of anilines is 1. The van der Waals surface area contributed by atoms with E-state index in [1.54, 1.807) is 24.3 Å². The second kappa shape index (κ2) is 8.16. The molecule has 0 bridgehead atoms. The molecule has 0 aliphatic heterocycles. The Morgan fingerprint density at radius 2 is 1.76 bits per heavy atom. The van der Waals surface area contributed by atoms with Gasteiger partial charge in [0.1, 0.15) is 6.54 Å². The summed E-state index contributed by atoms with van der Waals surface area (Å²) in [5.74, 6) is -0.317. The molecule has 0 aliphatic rings. The van der Waals surface area contributed by atoms with Crippen LogP contribution in [0.1, 0.15) is 24.5 Å². The molecule has 134 valence electrons. The molecule has 1 N–H and O–H groups in total. The van der Waals surface area contributed by atoms with E-state index in [-0.39, 0.29) is 17.3 Å². The van der Waals surface area contributed by atoms with Crippen LogP contribution in [0.5, 0.6) is 0 Å². The lowest BCUT2D eigenvalue weighted by Gasteiger charge is -2.26. The maximum Gasteiger partial charge on any atom is 0.264 e. The maximum atomic E-state index is 13.2. The summed E-state index contributed by atoms with van der Waals surface area (Å²) in [7, 11) is -3.84. The van der Waals surface area contributed by atoms with Gasteiger partial charge in [0.25, 0.3) is 10.0 Å². The van der Waals surface area contributed by atoms with Crippen molar-refractivity contribution < 1.29 is 13.2 Å². The Bertz CT molecular complexity index is 833. The van der Waals surface area contributed by atoms with E-state index in [2.05, 4.69) is 5.32 Å². The Labute approximate surface area is 149 Å². The number of hydrogen-bond acceptors (Lipinski definition) is 3. The number of carbonyl (C=O) groups is 1. The predicted molar refractivity (Wildman–Crippen MR) is 100 cm³/mol. The summed E-state index contributed by atoms with van der Waals surface area (Å²) >= 11 is 0. The van der Waals surface area contributed by atoms with E-state index in [0.717, 1.165) is 17.5 Å². The Morgan fingerprint density at radius 1 is 1.08 bits per heavy atom. The first kappa shape index (κ1) is 19.0. The lowest BCUT2D eigenvalue weighted by Crippen LogP contribution is -2.41. The molecule has 0 saturated carbocycles. The molecule has 6 heteroatoms. The van der Waals surface area contributed by atoms with Crippen molar-refractivity contribution >= 4 is 21.6 Å². The quantitative estimate of drug-likeness (QED) is 0.825. The van der Waals surface area contributed by atoms with Crippen LogP contribution >= 0.6 is 0 Å². The minimum Gasteiger partial charge on any atom is -0.355 e. The van der Waals surface area contributed by atoms with Gasteiger partial charge in [-0.3, -0.25) is 9.10 Å². The number of hydrogen-bond donors (Lipinski definition) is 1. The fourth-order valence-electron chi connectivity index (χ4n) is 2.46. The minimum absolute atomic E-state index is 0.166. The van der Waals surface area contributed by atoms with E-state index in [1.807, 2.05) is 32.9 Å². The van der Waals surface area contributed by atoms with Gasteiger partial charge in [-0.2, -0.15) is 0 Å². The Kier molecular flexibility index (Phi) is 6.20. The average molecular weight is 360 g/mol. The highest BCUT2D eigenvalue weighted by molar-refractivity contribution is 7.92. The molecule has 2 rings (SSSR count). The number of benzene rings is 2. The van der Waals surface area contributed by atoms with E-state index < -0.39 is 10.0 Å². The SMILES string of the molecule is CCCNC(=O)CN(c1cc(C)ccc1C)S(=O)(=O)c1ccccc1. The summed E-state index contributed by atoms with van der Waals surface area (Å²) in [4.78, 5) is 12.4. The molecule has 2 aromatic rings. The predicted octanol–water partition coefficient (Wildman–Crippen LogP) is 3.02.